The summed E-state index contributed by atoms with van der Waals surface area (Å²) >= 11 is 11.8. The SMILES string of the molecule is O=C(NCC(O)c1ccccc1)Nc1cc(Cl)ccc1Cl. The molecule has 1 atom stereocenters. The lowest BCUT2D eigenvalue weighted by Crippen LogP contribution is -2.32. The minimum atomic E-state index is -0.771. The molecule has 2 rings (SSSR count). The van der Waals surface area contributed by atoms with Crippen LogP contribution in [0.4, 0.5) is 10.5 Å². The molecule has 0 bridgehead atoms. The third-order valence-corrected chi connectivity index (χ3v) is 3.38. The molecule has 2 aromatic rings. The van der Waals surface area contributed by atoms with Gasteiger partial charge in [-0.2, -0.15) is 0 Å². The van der Waals surface area contributed by atoms with E-state index in [1.54, 1.807) is 30.3 Å². The van der Waals surface area contributed by atoms with Crippen molar-refractivity contribution in [2.75, 3.05) is 11.9 Å². The summed E-state index contributed by atoms with van der Waals surface area (Å²) in [6.45, 7) is 0.0913. The van der Waals surface area contributed by atoms with Crippen LogP contribution in [0.3, 0.4) is 0 Å². The van der Waals surface area contributed by atoms with Gasteiger partial charge in [-0.05, 0) is 23.8 Å². The number of urea groups is 1. The number of rotatable bonds is 4. The van der Waals surface area contributed by atoms with Crippen molar-refractivity contribution in [1.82, 2.24) is 5.32 Å². The molecule has 21 heavy (non-hydrogen) atoms. The first-order valence-electron chi connectivity index (χ1n) is 6.29. The molecule has 1 unspecified atom stereocenters. The second-order valence-corrected chi connectivity index (χ2v) is 5.23. The van der Waals surface area contributed by atoms with Crippen LogP contribution in [0.15, 0.2) is 48.5 Å². The lowest BCUT2D eigenvalue weighted by molar-refractivity contribution is 0.175. The Morgan fingerprint density at radius 1 is 1.14 bits per heavy atom. The summed E-state index contributed by atoms with van der Waals surface area (Å²) < 4.78 is 0. The highest BCUT2D eigenvalue weighted by Crippen LogP contribution is 2.25. The molecule has 0 aliphatic carbocycles. The standard InChI is InChI=1S/C15H14Cl2N2O2/c16-11-6-7-12(17)13(8-11)19-15(21)18-9-14(20)10-4-2-1-3-5-10/h1-8,14,20H,9H2,(H2,18,19,21). The summed E-state index contributed by atoms with van der Waals surface area (Å²) in [5, 5.41) is 16.0. The average Bonchev–Trinajstić information content (AvgIpc) is 2.49. The molecule has 0 radical (unpaired) electrons. The number of carbonyl (C=O) groups is 1. The Bertz CT molecular complexity index is 620. The minimum absolute atomic E-state index is 0.0913. The Hall–Kier alpha value is -1.75. The molecule has 0 saturated heterocycles. The predicted molar refractivity (Wildman–Crippen MR) is 84.9 cm³/mol. The summed E-state index contributed by atoms with van der Waals surface area (Å²) in [5.41, 5.74) is 1.15. The van der Waals surface area contributed by atoms with Crippen molar-refractivity contribution in [2.24, 2.45) is 0 Å². The van der Waals surface area contributed by atoms with Gasteiger partial charge < -0.3 is 15.7 Å². The van der Waals surface area contributed by atoms with Gasteiger partial charge in [-0.1, -0.05) is 53.5 Å². The minimum Gasteiger partial charge on any atom is -0.387 e. The lowest BCUT2D eigenvalue weighted by Gasteiger charge is -2.13. The summed E-state index contributed by atoms with van der Waals surface area (Å²) in [7, 11) is 0. The number of aliphatic hydroxyl groups excluding tert-OH is 1. The van der Waals surface area contributed by atoms with E-state index in [1.807, 2.05) is 18.2 Å². The van der Waals surface area contributed by atoms with Crippen LogP contribution in [0, 0.1) is 0 Å². The zero-order chi connectivity index (χ0) is 15.2. The zero-order valence-electron chi connectivity index (χ0n) is 11.0. The fourth-order valence-corrected chi connectivity index (χ4v) is 2.08. The summed E-state index contributed by atoms with van der Waals surface area (Å²) in [6.07, 6.45) is -0.771. The van der Waals surface area contributed by atoms with Crippen LogP contribution < -0.4 is 10.6 Å². The van der Waals surface area contributed by atoms with Crippen molar-refractivity contribution in [1.29, 1.82) is 0 Å². The number of benzene rings is 2. The summed E-state index contributed by atoms with van der Waals surface area (Å²) in [4.78, 5) is 11.8. The number of carbonyl (C=O) groups excluding carboxylic acids is 1. The quantitative estimate of drug-likeness (QED) is 0.800. The Morgan fingerprint density at radius 2 is 1.86 bits per heavy atom. The van der Waals surface area contributed by atoms with Crippen molar-refractivity contribution >= 4 is 34.9 Å². The largest absolute Gasteiger partial charge is 0.387 e. The molecule has 0 saturated carbocycles. The van der Waals surface area contributed by atoms with Gasteiger partial charge in [0.05, 0.1) is 16.8 Å². The van der Waals surface area contributed by atoms with E-state index in [2.05, 4.69) is 10.6 Å². The van der Waals surface area contributed by atoms with Gasteiger partial charge in [0.25, 0.3) is 0 Å². The monoisotopic (exact) mass is 324 g/mol. The number of amides is 2. The molecule has 0 heterocycles. The fourth-order valence-electron chi connectivity index (χ4n) is 1.74. The first kappa shape index (κ1) is 15.6. The maximum atomic E-state index is 11.8. The van der Waals surface area contributed by atoms with Crippen LogP contribution in [0.1, 0.15) is 11.7 Å². The first-order chi connectivity index (χ1) is 10.1. The highest BCUT2D eigenvalue weighted by Gasteiger charge is 2.10. The summed E-state index contributed by atoms with van der Waals surface area (Å²) in [6, 6.07) is 13.4. The molecular formula is C15H14Cl2N2O2. The van der Waals surface area contributed by atoms with E-state index < -0.39 is 12.1 Å². The van der Waals surface area contributed by atoms with Gasteiger partial charge in [0, 0.05) is 11.6 Å². The van der Waals surface area contributed by atoms with Crippen molar-refractivity contribution in [3.63, 3.8) is 0 Å². The second-order valence-electron chi connectivity index (χ2n) is 4.39. The smallest absolute Gasteiger partial charge is 0.319 e. The molecule has 0 fully saturated rings. The molecule has 0 aromatic heterocycles. The van der Waals surface area contributed by atoms with Gasteiger partial charge >= 0.3 is 6.03 Å². The van der Waals surface area contributed by atoms with Crippen LogP contribution in [0.5, 0.6) is 0 Å². The number of nitrogens with one attached hydrogen (secondary N) is 2. The van der Waals surface area contributed by atoms with E-state index >= 15 is 0 Å². The van der Waals surface area contributed by atoms with E-state index in [0.717, 1.165) is 5.56 Å². The zero-order valence-corrected chi connectivity index (χ0v) is 12.5. The Kier molecular flexibility index (Phi) is 5.44. The molecule has 4 nitrogen and oxygen atoms in total. The van der Waals surface area contributed by atoms with E-state index in [1.165, 1.54) is 0 Å². The van der Waals surface area contributed by atoms with Crippen LogP contribution in [0.25, 0.3) is 0 Å². The first-order valence-corrected chi connectivity index (χ1v) is 7.05. The van der Waals surface area contributed by atoms with Crippen molar-refractivity contribution in [2.45, 2.75) is 6.10 Å². The van der Waals surface area contributed by atoms with Crippen LogP contribution in [0.2, 0.25) is 10.0 Å². The van der Waals surface area contributed by atoms with Crippen LogP contribution >= 0.6 is 23.2 Å². The van der Waals surface area contributed by atoms with Crippen LogP contribution in [-0.2, 0) is 0 Å². The lowest BCUT2D eigenvalue weighted by atomic mass is 10.1. The predicted octanol–water partition coefficient (Wildman–Crippen LogP) is 3.85. The second kappa shape index (κ2) is 7.31. The van der Waals surface area contributed by atoms with E-state index in [0.29, 0.717) is 15.7 Å². The van der Waals surface area contributed by atoms with Crippen molar-refractivity contribution in [3.8, 4) is 0 Å². The molecule has 2 aromatic carbocycles. The van der Waals surface area contributed by atoms with Crippen LogP contribution in [-0.4, -0.2) is 17.7 Å². The molecule has 3 N–H and O–H groups in total. The maximum Gasteiger partial charge on any atom is 0.319 e. The normalized spacial score (nSPS) is 11.8. The van der Waals surface area contributed by atoms with Gasteiger partial charge in [-0.15, -0.1) is 0 Å². The maximum absolute atomic E-state index is 11.8. The molecule has 6 heteroatoms. The average molecular weight is 325 g/mol. The molecule has 110 valence electrons. The fraction of sp³-hybridized carbons (Fsp3) is 0.133. The Labute approximate surface area is 132 Å². The Balaban J connectivity index is 1.89. The molecule has 2 amide bonds. The van der Waals surface area contributed by atoms with E-state index in [-0.39, 0.29) is 6.54 Å². The third kappa shape index (κ3) is 4.63. The third-order valence-electron chi connectivity index (χ3n) is 2.82. The van der Waals surface area contributed by atoms with Gasteiger partial charge in [0.2, 0.25) is 0 Å². The molecule has 0 spiro atoms. The number of hydrogen-bond donors (Lipinski definition) is 3. The Morgan fingerprint density at radius 3 is 2.57 bits per heavy atom. The van der Waals surface area contributed by atoms with Gasteiger partial charge in [0.1, 0.15) is 0 Å². The van der Waals surface area contributed by atoms with Gasteiger partial charge in [0.15, 0.2) is 0 Å². The topological polar surface area (TPSA) is 61.4 Å². The van der Waals surface area contributed by atoms with Gasteiger partial charge in [-0.3, -0.25) is 0 Å². The molecule has 0 aliphatic heterocycles. The highest BCUT2D eigenvalue weighted by atomic mass is 35.5. The van der Waals surface area contributed by atoms with Crippen molar-refractivity contribution < 1.29 is 9.90 Å². The number of halogens is 2. The van der Waals surface area contributed by atoms with Crippen molar-refractivity contribution in [3.05, 3.63) is 64.1 Å². The number of anilines is 1. The van der Waals surface area contributed by atoms with E-state index in [9.17, 15) is 9.90 Å². The van der Waals surface area contributed by atoms with E-state index in [4.69, 9.17) is 23.2 Å². The highest BCUT2D eigenvalue weighted by molar-refractivity contribution is 6.35. The summed E-state index contributed by atoms with van der Waals surface area (Å²) in [5.74, 6) is 0. The number of hydrogen-bond acceptors (Lipinski definition) is 2. The molecular weight excluding hydrogens is 311 g/mol. The molecule has 0 aliphatic rings. The van der Waals surface area contributed by atoms with Gasteiger partial charge in [-0.25, -0.2) is 4.79 Å². The number of aliphatic hydroxyl groups is 1.